The van der Waals surface area contributed by atoms with Crippen LogP contribution in [0.2, 0.25) is 0 Å². The van der Waals surface area contributed by atoms with Crippen LogP contribution in [0.25, 0.3) is 0 Å². The maximum absolute atomic E-state index is 8.74. The summed E-state index contributed by atoms with van der Waals surface area (Å²) >= 11 is 0. The van der Waals surface area contributed by atoms with Crippen LogP contribution < -0.4 is 0 Å². The molecule has 0 saturated carbocycles. The van der Waals surface area contributed by atoms with E-state index < -0.39 is 0 Å². The van der Waals surface area contributed by atoms with Crippen molar-refractivity contribution in [3.05, 3.63) is 35.9 Å². The van der Waals surface area contributed by atoms with Gasteiger partial charge in [0.1, 0.15) is 0 Å². The van der Waals surface area contributed by atoms with E-state index in [2.05, 4.69) is 11.1 Å². The smallest absolute Gasteiger partial charge is 0.0656 e. The molecule has 1 aromatic rings. The maximum Gasteiger partial charge on any atom is 0.0656 e. The van der Waals surface area contributed by atoms with Crippen LogP contribution >= 0.6 is 0 Å². The van der Waals surface area contributed by atoms with Crippen molar-refractivity contribution in [3.63, 3.8) is 0 Å². The lowest BCUT2D eigenvalue weighted by atomic mass is 10.1. The minimum atomic E-state index is 0.151. The summed E-state index contributed by atoms with van der Waals surface area (Å²) in [5, 5.41) is 8.74. The number of benzene rings is 1. The van der Waals surface area contributed by atoms with Crippen LogP contribution in [0.5, 0.6) is 0 Å². The highest BCUT2D eigenvalue weighted by Crippen LogP contribution is 2.05. The zero-order valence-electron chi connectivity index (χ0n) is 9.06. The molecule has 0 aliphatic rings. The van der Waals surface area contributed by atoms with Crippen molar-refractivity contribution in [1.82, 2.24) is 0 Å². The number of nitrogens with zero attached hydrogens (tertiary/aromatic N) is 2. The molecule has 0 saturated heterocycles. The summed E-state index contributed by atoms with van der Waals surface area (Å²) in [5.74, 6) is 0.151. The number of rotatable bonds is 5. The molecule has 0 radical (unpaired) electrons. The van der Waals surface area contributed by atoms with Crippen LogP contribution in [0.1, 0.15) is 25.3 Å². The van der Waals surface area contributed by atoms with Crippen molar-refractivity contribution in [2.75, 3.05) is 6.54 Å². The molecule has 1 rings (SSSR count). The Morgan fingerprint density at radius 3 is 2.73 bits per heavy atom. The molecule has 0 fully saturated rings. The Balaban J connectivity index is 2.32. The second-order valence-electron chi connectivity index (χ2n) is 3.47. The first kappa shape index (κ1) is 11.5. The lowest BCUT2D eigenvalue weighted by molar-refractivity contribution is 0.594. The molecule has 1 atom stereocenters. The van der Waals surface area contributed by atoms with Crippen LogP contribution in [0.15, 0.2) is 35.3 Å². The Morgan fingerprint density at radius 2 is 2.13 bits per heavy atom. The lowest BCUT2D eigenvalue weighted by Gasteiger charge is -2.01. The Bertz CT molecular complexity index is 335. The van der Waals surface area contributed by atoms with Gasteiger partial charge in [0.25, 0.3) is 0 Å². The van der Waals surface area contributed by atoms with Gasteiger partial charge in [0.05, 0.1) is 6.07 Å². The van der Waals surface area contributed by atoms with Crippen LogP contribution in [0, 0.1) is 17.2 Å². The van der Waals surface area contributed by atoms with E-state index in [1.807, 2.05) is 43.5 Å². The average Bonchev–Trinajstić information content (AvgIpc) is 2.31. The Hall–Kier alpha value is -1.62. The summed E-state index contributed by atoms with van der Waals surface area (Å²) in [4.78, 5) is 4.30. The topological polar surface area (TPSA) is 36.1 Å². The standard InChI is InChI=1S/C13H16N2/c1-2-12(10-14)8-9-15-11-13-6-4-3-5-7-13/h3-7,11-12H,2,8-9H2,1H3. The van der Waals surface area contributed by atoms with E-state index in [1.165, 1.54) is 0 Å². The van der Waals surface area contributed by atoms with E-state index in [4.69, 9.17) is 5.26 Å². The zero-order chi connectivity index (χ0) is 10.9. The van der Waals surface area contributed by atoms with E-state index in [-0.39, 0.29) is 5.92 Å². The summed E-state index contributed by atoms with van der Waals surface area (Å²) in [6, 6.07) is 12.3. The monoisotopic (exact) mass is 200 g/mol. The van der Waals surface area contributed by atoms with E-state index in [0.29, 0.717) is 0 Å². The van der Waals surface area contributed by atoms with Gasteiger partial charge in [-0.05, 0) is 18.4 Å². The fraction of sp³-hybridized carbons (Fsp3) is 0.385. The van der Waals surface area contributed by atoms with Gasteiger partial charge >= 0.3 is 0 Å². The summed E-state index contributed by atoms with van der Waals surface area (Å²) in [6.07, 6.45) is 3.64. The van der Waals surface area contributed by atoms with Crippen LogP contribution in [0.4, 0.5) is 0 Å². The Labute approximate surface area is 91.3 Å². The number of aliphatic imine (C=N–C) groups is 1. The third-order valence-electron chi connectivity index (χ3n) is 2.32. The van der Waals surface area contributed by atoms with Crippen molar-refractivity contribution in [3.8, 4) is 6.07 Å². The van der Waals surface area contributed by atoms with Gasteiger partial charge in [-0.1, -0.05) is 37.3 Å². The molecule has 0 N–H and O–H groups in total. The van der Waals surface area contributed by atoms with Gasteiger partial charge in [0, 0.05) is 18.7 Å². The first-order chi connectivity index (χ1) is 7.36. The van der Waals surface area contributed by atoms with E-state index in [9.17, 15) is 0 Å². The largest absolute Gasteiger partial charge is 0.293 e. The number of hydrogen-bond donors (Lipinski definition) is 0. The summed E-state index contributed by atoms with van der Waals surface area (Å²) < 4.78 is 0. The highest BCUT2D eigenvalue weighted by atomic mass is 14.7. The van der Waals surface area contributed by atoms with E-state index in [0.717, 1.165) is 24.9 Å². The van der Waals surface area contributed by atoms with Gasteiger partial charge in [-0.2, -0.15) is 5.26 Å². The SMILES string of the molecule is CCC(C#N)CCN=Cc1ccccc1. The van der Waals surface area contributed by atoms with Crippen molar-refractivity contribution in [2.45, 2.75) is 19.8 Å². The van der Waals surface area contributed by atoms with Gasteiger partial charge < -0.3 is 0 Å². The molecule has 0 heterocycles. The van der Waals surface area contributed by atoms with E-state index in [1.54, 1.807) is 0 Å². The minimum Gasteiger partial charge on any atom is -0.293 e. The normalized spacial score (nSPS) is 12.5. The summed E-state index contributed by atoms with van der Waals surface area (Å²) in [6.45, 7) is 2.77. The van der Waals surface area contributed by atoms with Crippen LogP contribution in [-0.2, 0) is 0 Å². The predicted octanol–water partition coefficient (Wildman–Crippen LogP) is 3.05. The second kappa shape index (κ2) is 6.78. The molecule has 0 spiro atoms. The van der Waals surface area contributed by atoms with Crippen molar-refractivity contribution in [2.24, 2.45) is 10.9 Å². The summed E-state index contributed by atoms with van der Waals surface area (Å²) in [5.41, 5.74) is 1.11. The molecule has 1 aromatic carbocycles. The molecule has 0 aromatic heterocycles. The quantitative estimate of drug-likeness (QED) is 0.673. The molecule has 2 heteroatoms. The average molecular weight is 200 g/mol. The molecule has 0 amide bonds. The Morgan fingerprint density at radius 1 is 1.40 bits per heavy atom. The fourth-order valence-corrected chi connectivity index (χ4v) is 1.30. The number of nitriles is 1. The molecule has 15 heavy (non-hydrogen) atoms. The molecular weight excluding hydrogens is 184 g/mol. The van der Waals surface area contributed by atoms with Crippen LogP contribution in [0.3, 0.4) is 0 Å². The fourth-order valence-electron chi connectivity index (χ4n) is 1.30. The van der Waals surface area contributed by atoms with Gasteiger partial charge in [-0.3, -0.25) is 4.99 Å². The van der Waals surface area contributed by atoms with Gasteiger partial charge in [0.15, 0.2) is 0 Å². The van der Waals surface area contributed by atoms with Crippen LogP contribution in [-0.4, -0.2) is 12.8 Å². The zero-order valence-corrected chi connectivity index (χ0v) is 9.06. The molecule has 78 valence electrons. The maximum atomic E-state index is 8.74. The minimum absolute atomic E-state index is 0.151. The molecule has 0 aliphatic heterocycles. The molecule has 2 nitrogen and oxygen atoms in total. The summed E-state index contributed by atoms with van der Waals surface area (Å²) in [7, 11) is 0. The van der Waals surface area contributed by atoms with Gasteiger partial charge in [-0.25, -0.2) is 0 Å². The molecule has 0 aliphatic carbocycles. The van der Waals surface area contributed by atoms with Crippen molar-refractivity contribution >= 4 is 6.21 Å². The lowest BCUT2D eigenvalue weighted by Crippen LogP contribution is -1.97. The third-order valence-corrected chi connectivity index (χ3v) is 2.32. The molecule has 0 bridgehead atoms. The first-order valence-corrected chi connectivity index (χ1v) is 5.31. The van der Waals surface area contributed by atoms with E-state index >= 15 is 0 Å². The van der Waals surface area contributed by atoms with Gasteiger partial charge in [-0.15, -0.1) is 0 Å². The highest BCUT2D eigenvalue weighted by Gasteiger charge is 2.01. The molecular formula is C13H16N2. The Kier molecular flexibility index (Phi) is 5.18. The number of hydrogen-bond acceptors (Lipinski definition) is 2. The van der Waals surface area contributed by atoms with Crippen molar-refractivity contribution in [1.29, 1.82) is 5.26 Å². The highest BCUT2D eigenvalue weighted by molar-refractivity contribution is 5.79. The van der Waals surface area contributed by atoms with Gasteiger partial charge in [0.2, 0.25) is 0 Å². The van der Waals surface area contributed by atoms with Crippen molar-refractivity contribution < 1.29 is 0 Å². The predicted molar refractivity (Wildman–Crippen MR) is 62.9 cm³/mol. The third kappa shape index (κ3) is 4.42. The second-order valence-corrected chi connectivity index (χ2v) is 3.47. The molecule has 1 unspecified atom stereocenters. The first-order valence-electron chi connectivity index (χ1n) is 5.31.